The Kier molecular flexibility index (Phi) is 11.1. The molecule has 5 heteroatoms. The third-order valence-corrected chi connectivity index (χ3v) is 5.28. The van der Waals surface area contributed by atoms with Crippen molar-refractivity contribution in [2.75, 3.05) is 12.8 Å². The largest absolute Gasteiger partial charge is 0.469 e. The number of benzene rings is 2. The summed E-state index contributed by atoms with van der Waals surface area (Å²) in [6, 6.07) is 14.1. The van der Waals surface area contributed by atoms with Crippen LogP contribution in [0.1, 0.15) is 62.6 Å². The molecule has 0 aliphatic carbocycles. The lowest BCUT2D eigenvalue weighted by molar-refractivity contribution is -0.139. The van der Waals surface area contributed by atoms with Crippen LogP contribution in [0.5, 0.6) is 0 Å². The first kappa shape index (κ1) is 29.9. The van der Waals surface area contributed by atoms with Crippen LogP contribution in [-0.4, -0.2) is 28.8 Å². The number of nitrogens with two attached hydrogens (primary N) is 1. The number of esters is 1. The third kappa shape index (κ3) is 8.84. The molecule has 0 radical (unpaired) electrons. The smallest absolute Gasteiger partial charge is 0.310 e. The predicted octanol–water partition coefficient (Wildman–Crippen LogP) is 6.75. The minimum atomic E-state index is -0.500. The second-order valence-electron chi connectivity index (χ2n) is 9.37. The number of pyridine rings is 1. The van der Waals surface area contributed by atoms with Crippen molar-refractivity contribution >= 4 is 11.7 Å². The number of nitrogens with zero attached hydrogens (tertiary/aromatic N) is 1. The van der Waals surface area contributed by atoms with E-state index in [1.165, 1.54) is 18.2 Å². The summed E-state index contributed by atoms with van der Waals surface area (Å²) in [6.45, 7) is 17.4. The Morgan fingerprint density at radius 1 is 0.943 bits per heavy atom. The van der Waals surface area contributed by atoms with E-state index in [-0.39, 0.29) is 12.4 Å². The van der Waals surface area contributed by atoms with Gasteiger partial charge in [0.05, 0.1) is 24.8 Å². The van der Waals surface area contributed by atoms with E-state index in [0.29, 0.717) is 5.69 Å². The van der Waals surface area contributed by atoms with Gasteiger partial charge in [-0.05, 0) is 100 Å². The standard InChI is InChI=1S/C24H26N2O2.C4H10O.C2H6/c1-14-6-7-19(12-15(14)2)24-16(3)23(18-8-10-20(25)11-9-18)21(17(4)26-24)13-22(27)28-5;1-4(2,3)5;1-2/h6-12H,13,25H2,1-5H3;5H,1-3H3;1-2H3. The van der Waals surface area contributed by atoms with Crippen molar-refractivity contribution < 1.29 is 14.6 Å². The summed E-state index contributed by atoms with van der Waals surface area (Å²) in [5, 5.41) is 8.52. The van der Waals surface area contributed by atoms with Gasteiger partial charge in [0.15, 0.2) is 0 Å². The highest BCUT2D eigenvalue weighted by molar-refractivity contribution is 5.84. The van der Waals surface area contributed by atoms with Crippen molar-refractivity contribution in [1.82, 2.24) is 4.98 Å². The zero-order chi connectivity index (χ0) is 26.9. The zero-order valence-electron chi connectivity index (χ0n) is 23.0. The van der Waals surface area contributed by atoms with Gasteiger partial charge in [0.25, 0.3) is 0 Å². The number of rotatable bonds is 4. The summed E-state index contributed by atoms with van der Waals surface area (Å²) < 4.78 is 4.92. The number of hydrogen-bond acceptors (Lipinski definition) is 5. The highest BCUT2D eigenvalue weighted by Crippen LogP contribution is 2.36. The highest BCUT2D eigenvalue weighted by Gasteiger charge is 2.20. The maximum Gasteiger partial charge on any atom is 0.310 e. The lowest BCUT2D eigenvalue weighted by Crippen LogP contribution is -2.10. The van der Waals surface area contributed by atoms with E-state index >= 15 is 0 Å². The van der Waals surface area contributed by atoms with Gasteiger partial charge in [-0.25, -0.2) is 0 Å². The van der Waals surface area contributed by atoms with Crippen molar-refractivity contribution in [2.24, 2.45) is 0 Å². The monoisotopic (exact) mass is 478 g/mol. The Bertz CT molecular complexity index is 1120. The first-order valence-corrected chi connectivity index (χ1v) is 12.0. The minimum Gasteiger partial charge on any atom is -0.469 e. The van der Waals surface area contributed by atoms with Gasteiger partial charge in [-0.15, -0.1) is 0 Å². The molecule has 1 aromatic heterocycles. The van der Waals surface area contributed by atoms with Crippen LogP contribution in [0.2, 0.25) is 0 Å². The highest BCUT2D eigenvalue weighted by atomic mass is 16.5. The predicted molar refractivity (Wildman–Crippen MR) is 148 cm³/mol. The van der Waals surface area contributed by atoms with Gasteiger partial charge >= 0.3 is 5.97 Å². The molecule has 0 atom stereocenters. The van der Waals surface area contributed by atoms with Crippen molar-refractivity contribution in [3.05, 3.63) is 70.4 Å². The molecule has 35 heavy (non-hydrogen) atoms. The number of aliphatic hydroxyl groups is 1. The van der Waals surface area contributed by atoms with Crippen LogP contribution in [-0.2, 0) is 16.0 Å². The summed E-state index contributed by atoms with van der Waals surface area (Å²) in [6.07, 6.45) is 0.184. The number of nitrogen functional groups attached to an aromatic ring is 1. The topological polar surface area (TPSA) is 85.4 Å². The molecule has 0 bridgehead atoms. The molecule has 0 aliphatic rings. The summed E-state index contributed by atoms with van der Waals surface area (Å²) in [5.74, 6) is -0.278. The fraction of sp³-hybridized carbons (Fsp3) is 0.400. The van der Waals surface area contributed by atoms with E-state index in [0.717, 1.165) is 39.2 Å². The molecule has 0 fully saturated rings. The number of carbonyl (C=O) groups excluding carboxylic acids is 1. The zero-order valence-corrected chi connectivity index (χ0v) is 23.0. The number of aromatic nitrogens is 1. The number of ether oxygens (including phenoxy) is 1. The summed E-state index contributed by atoms with van der Waals surface area (Å²) in [5.41, 5.74) is 15.4. The molecule has 190 valence electrons. The molecule has 0 spiro atoms. The van der Waals surface area contributed by atoms with Crippen LogP contribution in [0.15, 0.2) is 42.5 Å². The maximum atomic E-state index is 12.0. The molecule has 0 unspecified atom stereocenters. The van der Waals surface area contributed by atoms with Gasteiger partial charge in [0.1, 0.15) is 0 Å². The number of hydrogen-bond donors (Lipinski definition) is 2. The first-order valence-electron chi connectivity index (χ1n) is 12.0. The van der Waals surface area contributed by atoms with Crippen LogP contribution in [0, 0.1) is 27.7 Å². The number of aryl methyl sites for hydroxylation is 3. The minimum absolute atomic E-state index is 0.184. The van der Waals surface area contributed by atoms with Crippen LogP contribution in [0.25, 0.3) is 22.4 Å². The average molecular weight is 479 g/mol. The van der Waals surface area contributed by atoms with Crippen molar-refractivity contribution in [2.45, 2.75) is 74.3 Å². The van der Waals surface area contributed by atoms with Gasteiger partial charge in [-0.3, -0.25) is 9.78 Å². The molecule has 0 saturated carbocycles. The van der Waals surface area contributed by atoms with Crippen molar-refractivity contribution in [3.63, 3.8) is 0 Å². The number of carbonyl (C=O) groups is 1. The molecule has 0 saturated heterocycles. The Hall–Kier alpha value is -3.18. The van der Waals surface area contributed by atoms with Crippen LogP contribution >= 0.6 is 0 Å². The van der Waals surface area contributed by atoms with E-state index in [9.17, 15) is 4.79 Å². The molecule has 3 rings (SSSR count). The molecule has 3 N–H and O–H groups in total. The lowest BCUT2D eigenvalue weighted by Gasteiger charge is -2.19. The van der Waals surface area contributed by atoms with E-state index < -0.39 is 5.60 Å². The molecule has 5 nitrogen and oxygen atoms in total. The Morgan fingerprint density at radius 2 is 1.46 bits per heavy atom. The Balaban J connectivity index is 0.000000779. The van der Waals surface area contributed by atoms with E-state index in [2.05, 4.69) is 39.0 Å². The molecular weight excluding hydrogens is 436 g/mol. The number of methoxy groups -OCH3 is 1. The molecular formula is C30H42N2O3. The maximum absolute atomic E-state index is 12.0. The van der Waals surface area contributed by atoms with Gasteiger partial charge < -0.3 is 15.6 Å². The van der Waals surface area contributed by atoms with Crippen molar-refractivity contribution in [1.29, 1.82) is 0 Å². The lowest BCUT2D eigenvalue weighted by atomic mass is 9.89. The fourth-order valence-electron chi connectivity index (χ4n) is 3.49. The quantitative estimate of drug-likeness (QED) is 0.320. The molecule has 0 aliphatic heterocycles. The molecule has 1 heterocycles. The van der Waals surface area contributed by atoms with Crippen molar-refractivity contribution in [3.8, 4) is 22.4 Å². The van der Waals surface area contributed by atoms with E-state index in [1.807, 2.05) is 45.0 Å². The van der Waals surface area contributed by atoms with Gasteiger partial charge in [-0.1, -0.05) is 38.1 Å². The van der Waals surface area contributed by atoms with Crippen LogP contribution in [0.4, 0.5) is 5.69 Å². The normalized spacial score (nSPS) is 10.5. The Labute approximate surface area is 211 Å². The third-order valence-electron chi connectivity index (χ3n) is 5.28. The summed E-state index contributed by atoms with van der Waals surface area (Å²) >= 11 is 0. The van der Waals surface area contributed by atoms with Crippen LogP contribution in [0.3, 0.4) is 0 Å². The summed E-state index contributed by atoms with van der Waals surface area (Å²) in [7, 11) is 1.41. The molecule has 0 amide bonds. The Morgan fingerprint density at radius 3 is 1.94 bits per heavy atom. The van der Waals surface area contributed by atoms with E-state index in [1.54, 1.807) is 20.8 Å². The van der Waals surface area contributed by atoms with Gasteiger partial charge in [0.2, 0.25) is 0 Å². The van der Waals surface area contributed by atoms with Gasteiger partial charge in [0, 0.05) is 16.9 Å². The summed E-state index contributed by atoms with van der Waals surface area (Å²) in [4.78, 5) is 16.9. The number of anilines is 1. The fourth-order valence-corrected chi connectivity index (χ4v) is 3.49. The average Bonchev–Trinajstić information content (AvgIpc) is 2.79. The van der Waals surface area contributed by atoms with Crippen LogP contribution < -0.4 is 5.73 Å². The second kappa shape index (κ2) is 13.1. The first-order chi connectivity index (χ1) is 16.3. The SMILES string of the molecule is CC.CC(C)(C)O.COC(=O)Cc1c(C)nc(-c2ccc(C)c(C)c2)c(C)c1-c1ccc(N)cc1. The van der Waals surface area contributed by atoms with E-state index in [4.69, 9.17) is 20.6 Å². The molecule has 3 aromatic rings. The second-order valence-corrected chi connectivity index (χ2v) is 9.37. The van der Waals surface area contributed by atoms with Gasteiger partial charge in [-0.2, -0.15) is 0 Å². The molecule has 2 aromatic carbocycles.